The third kappa shape index (κ3) is 6.07. The number of rotatable bonds is 8. The Balaban J connectivity index is 1.52. The second-order valence-electron chi connectivity index (χ2n) is 6.53. The molecule has 6 nitrogen and oxygen atoms in total. The van der Waals surface area contributed by atoms with E-state index in [4.69, 9.17) is 0 Å². The van der Waals surface area contributed by atoms with Crippen molar-refractivity contribution in [2.75, 3.05) is 5.32 Å². The van der Waals surface area contributed by atoms with Crippen LogP contribution in [-0.4, -0.2) is 22.6 Å². The van der Waals surface area contributed by atoms with Crippen molar-refractivity contribution in [3.05, 3.63) is 57.1 Å². The van der Waals surface area contributed by atoms with Gasteiger partial charge in [-0.15, -0.1) is 22.7 Å². The van der Waals surface area contributed by atoms with Gasteiger partial charge in [0.25, 0.3) is 0 Å². The molecule has 0 fully saturated rings. The molecule has 0 saturated heterocycles. The number of hydrogen-bond acceptors (Lipinski definition) is 6. The lowest BCUT2D eigenvalue weighted by Crippen LogP contribution is -2.18. The molecular weight excluding hydrogens is 406 g/mol. The molecule has 3 rings (SSSR count). The van der Waals surface area contributed by atoms with Gasteiger partial charge in [-0.05, 0) is 24.6 Å². The van der Waals surface area contributed by atoms with Crippen molar-refractivity contribution < 1.29 is 14.4 Å². The van der Waals surface area contributed by atoms with Crippen LogP contribution in [0.2, 0.25) is 0 Å². The van der Waals surface area contributed by atoms with Crippen LogP contribution in [0.3, 0.4) is 0 Å². The number of amides is 2. The summed E-state index contributed by atoms with van der Waals surface area (Å²) in [5.74, 6) is -0.309. The van der Waals surface area contributed by atoms with Crippen molar-refractivity contribution in [2.24, 2.45) is 0 Å². The average molecular weight is 428 g/mol. The van der Waals surface area contributed by atoms with E-state index in [9.17, 15) is 14.4 Å². The summed E-state index contributed by atoms with van der Waals surface area (Å²) in [5.41, 5.74) is 2.69. The number of anilines is 1. The molecule has 29 heavy (non-hydrogen) atoms. The molecule has 0 aliphatic rings. The summed E-state index contributed by atoms with van der Waals surface area (Å²) < 4.78 is 0. The molecule has 3 aromatic rings. The van der Waals surface area contributed by atoms with E-state index in [2.05, 4.69) is 15.6 Å². The number of Topliss-reactive ketones (excluding diaryl/α,β-unsaturated/α-hetero) is 1. The Bertz CT molecular complexity index is 1020. The summed E-state index contributed by atoms with van der Waals surface area (Å²) >= 11 is 2.79. The fourth-order valence-corrected chi connectivity index (χ4v) is 4.17. The smallest absolute Gasteiger partial charge is 0.226 e. The number of ketones is 1. The molecular formula is C21H21N3O3S2. The number of aromatic nitrogens is 1. The monoisotopic (exact) mass is 427 g/mol. The lowest BCUT2D eigenvalue weighted by atomic mass is 10.1. The van der Waals surface area contributed by atoms with Gasteiger partial charge in [0, 0.05) is 42.1 Å². The second-order valence-corrected chi connectivity index (χ2v) is 8.67. The normalized spacial score (nSPS) is 10.6. The largest absolute Gasteiger partial charge is 0.352 e. The molecule has 0 aliphatic heterocycles. The number of hydrogen-bond donors (Lipinski definition) is 2. The minimum atomic E-state index is -0.224. The minimum Gasteiger partial charge on any atom is -0.352 e. The minimum absolute atomic E-state index is 0.0163. The van der Waals surface area contributed by atoms with Crippen LogP contribution >= 0.6 is 22.7 Å². The highest BCUT2D eigenvalue weighted by atomic mass is 32.1. The van der Waals surface area contributed by atoms with Crippen LogP contribution in [0.5, 0.6) is 0 Å². The van der Waals surface area contributed by atoms with Gasteiger partial charge in [-0.2, -0.15) is 0 Å². The van der Waals surface area contributed by atoms with Gasteiger partial charge in [0.15, 0.2) is 10.9 Å². The van der Waals surface area contributed by atoms with Crippen LogP contribution in [0.1, 0.15) is 39.9 Å². The van der Waals surface area contributed by atoms with Crippen molar-refractivity contribution in [3.63, 3.8) is 0 Å². The maximum Gasteiger partial charge on any atom is 0.226 e. The maximum absolute atomic E-state index is 12.1. The number of carbonyl (C=O) groups excluding carboxylic acids is 3. The Kier molecular flexibility index (Phi) is 6.90. The number of thiophene rings is 1. The number of thiazole rings is 1. The lowest BCUT2D eigenvalue weighted by molar-refractivity contribution is -0.119. The van der Waals surface area contributed by atoms with E-state index in [0.717, 1.165) is 21.7 Å². The first-order valence-corrected chi connectivity index (χ1v) is 10.8. The second kappa shape index (κ2) is 9.58. The molecule has 0 spiro atoms. The van der Waals surface area contributed by atoms with Crippen LogP contribution < -0.4 is 10.6 Å². The van der Waals surface area contributed by atoms with Gasteiger partial charge < -0.3 is 10.6 Å². The third-order valence-electron chi connectivity index (χ3n) is 4.14. The third-order valence-corrected chi connectivity index (χ3v) is 5.94. The van der Waals surface area contributed by atoms with Gasteiger partial charge in [-0.25, -0.2) is 4.98 Å². The first-order valence-electron chi connectivity index (χ1n) is 9.09. The zero-order valence-corrected chi connectivity index (χ0v) is 17.8. The average Bonchev–Trinajstić information content (AvgIpc) is 3.34. The molecule has 0 radical (unpaired) electrons. The van der Waals surface area contributed by atoms with Crippen molar-refractivity contribution >= 4 is 45.4 Å². The number of nitrogens with zero attached hydrogens (tertiary/aromatic N) is 1. The van der Waals surface area contributed by atoms with Crippen LogP contribution in [0.4, 0.5) is 5.13 Å². The number of aryl methyl sites for hydroxylation is 1. The maximum atomic E-state index is 12.1. The summed E-state index contributed by atoms with van der Waals surface area (Å²) in [6, 6.07) is 11.4. The lowest BCUT2D eigenvalue weighted by Gasteiger charge is -2.03. The predicted molar refractivity (Wildman–Crippen MR) is 116 cm³/mol. The SMILES string of the molecule is CC(=O)NCc1ccc(-c2csc(NC(=O)CCC(=O)c3ccc(C)s3)n2)cc1. The zero-order chi connectivity index (χ0) is 20.8. The summed E-state index contributed by atoms with van der Waals surface area (Å²) in [6.45, 7) is 3.92. The Morgan fingerprint density at radius 2 is 1.79 bits per heavy atom. The van der Waals surface area contributed by atoms with Crippen LogP contribution in [0.25, 0.3) is 11.3 Å². The molecule has 2 heterocycles. The molecule has 8 heteroatoms. The van der Waals surface area contributed by atoms with E-state index in [1.807, 2.05) is 42.6 Å². The molecule has 0 bridgehead atoms. The van der Waals surface area contributed by atoms with Gasteiger partial charge >= 0.3 is 0 Å². The van der Waals surface area contributed by atoms with E-state index >= 15 is 0 Å². The van der Waals surface area contributed by atoms with Crippen molar-refractivity contribution in [3.8, 4) is 11.3 Å². The molecule has 0 atom stereocenters. The van der Waals surface area contributed by atoms with E-state index in [1.54, 1.807) is 6.07 Å². The van der Waals surface area contributed by atoms with Gasteiger partial charge in [0.1, 0.15) is 0 Å². The Labute approximate surface area is 177 Å². The number of nitrogens with one attached hydrogen (secondary N) is 2. The van der Waals surface area contributed by atoms with E-state index in [0.29, 0.717) is 16.6 Å². The van der Waals surface area contributed by atoms with E-state index < -0.39 is 0 Å². The van der Waals surface area contributed by atoms with Crippen LogP contribution in [-0.2, 0) is 16.1 Å². The first-order chi connectivity index (χ1) is 13.9. The van der Waals surface area contributed by atoms with E-state index in [-0.39, 0.29) is 30.4 Å². The highest BCUT2D eigenvalue weighted by Crippen LogP contribution is 2.25. The summed E-state index contributed by atoms with van der Waals surface area (Å²) in [6.07, 6.45) is 0.308. The zero-order valence-electron chi connectivity index (χ0n) is 16.2. The van der Waals surface area contributed by atoms with Gasteiger partial charge in [-0.1, -0.05) is 24.3 Å². The predicted octanol–water partition coefficient (Wildman–Crippen LogP) is 4.42. The Hall–Kier alpha value is -2.84. The molecule has 2 amide bonds. The van der Waals surface area contributed by atoms with Gasteiger partial charge in [0.05, 0.1) is 10.6 Å². The molecule has 1 aromatic carbocycles. The quantitative estimate of drug-likeness (QED) is 0.521. The van der Waals surface area contributed by atoms with Crippen LogP contribution in [0.15, 0.2) is 41.8 Å². The van der Waals surface area contributed by atoms with Crippen LogP contribution in [0, 0.1) is 6.92 Å². The van der Waals surface area contributed by atoms with Crippen molar-refractivity contribution in [2.45, 2.75) is 33.2 Å². The Morgan fingerprint density at radius 3 is 2.45 bits per heavy atom. The number of benzene rings is 1. The molecule has 0 aliphatic carbocycles. The van der Waals surface area contributed by atoms with Crippen molar-refractivity contribution in [1.29, 1.82) is 0 Å². The first kappa shape index (κ1) is 20.9. The highest BCUT2D eigenvalue weighted by molar-refractivity contribution is 7.14. The Morgan fingerprint density at radius 1 is 1.03 bits per heavy atom. The highest BCUT2D eigenvalue weighted by Gasteiger charge is 2.13. The van der Waals surface area contributed by atoms with Gasteiger partial charge in [-0.3, -0.25) is 14.4 Å². The summed E-state index contributed by atoms with van der Waals surface area (Å²) in [4.78, 5) is 41.4. The topological polar surface area (TPSA) is 88.2 Å². The van der Waals surface area contributed by atoms with Crippen molar-refractivity contribution in [1.82, 2.24) is 10.3 Å². The van der Waals surface area contributed by atoms with E-state index in [1.165, 1.54) is 29.6 Å². The van der Waals surface area contributed by atoms with Gasteiger partial charge in [0.2, 0.25) is 11.8 Å². The molecule has 2 N–H and O–H groups in total. The fraction of sp³-hybridized carbons (Fsp3) is 0.238. The molecule has 2 aromatic heterocycles. The number of carbonyl (C=O) groups is 3. The molecule has 150 valence electrons. The standard InChI is InChI=1S/C21H21N3O3S2/c1-13-3-9-19(29-13)18(26)8-10-20(27)24-21-23-17(12-28-21)16-6-4-15(5-7-16)11-22-14(2)25/h3-7,9,12H,8,10-11H2,1-2H3,(H,22,25)(H,23,24,27). The summed E-state index contributed by atoms with van der Waals surface area (Å²) in [5, 5.41) is 7.89. The summed E-state index contributed by atoms with van der Waals surface area (Å²) in [7, 11) is 0. The molecule has 0 saturated carbocycles. The fourth-order valence-electron chi connectivity index (χ4n) is 2.60. The molecule has 0 unspecified atom stereocenters.